The number of fused-ring (bicyclic) bond motifs is 2. The maximum atomic E-state index is 12.0. The molecule has 1 aromatic carbocycles. The van der Waals surface area contributed by atoms with Crippen LogP contribution >= 0.6 is 0 Å². The highest BCUT2D eigenvalue weighted by atomic mass is 19.2. The molecule has 1 saturated carbocycles. The monoisotopic (exact) mass is 403 g/mol. The van der Waals surface area contributed by atoms with E-state index in [2.05, 4.69) is 16.2 Å². The lowest BCUT2D eigenvalue weighted by Crippen LogP contribution is -2.40. The molecule has 0 spiro atoms. The molecule has 5 rings (SSSR count). The van der Waals surface area contributed by atoms with E-state index in [4.69, 9.17) is 10.7 Å². The summed E-state index contributed by atoms with van der Waals surface area (Å²) < 4.78 is 37.8. The Labute approximate surface area is 167 Å². The van der Waals surface area contributed by atoms with E-state index in [9.17, 15) is 13.2 Å². The summed E-state index contributed by atoms with van der Waals surface area (Å²) in [5.41, 5.74) is 10.6. The first kappa shape index (κ1) is 19.8. The highest BCUT2D eigenvalue weighted by Gasteiger charge is 2.30. The highest BCUT2D eigenvalue weighted by molar-refractivity contribution is 5.42. The normalized spacial score (nSPS) is 21.7. The maximum absolute atomic E-state index is 12.0. The van der Waals surface area contributed by atoms with Crippen molar-refractivity contribution in [1.29, 1.82) is 0 Å². The molecule has 8 heteroatoms. The Bertz CT molecular complexity index is 976. The van der Waals surface area contributed by atoms with Crippen LogP contribution in [-0.2, 0) is 13.1 Å². The van der Waals surface area contributed by atoms with Crippen molar-refractivity contribution in [1.82, 2.24) is 19.5 Å². The zero-order chi connectivity index (χ0) is 20.5. The van der Waals surface area contributed by atoms with Crippen LogP contribution in [0, 0.1) is 24.4 Å². The minimum atomic E-state index is -1.16. The highest BCUT2D eigenvalue weighted by Crippen LogP contribution is 2.30. The fourth-order valence-electron chi connectivity index (χ4n) is 4.11. The number of aryl methyl sites for hydroxylation is 1. The van der Waals surface area contributed by atoms with Gasteiger partial charge >= 0.3 is 0 Å². The van der Waals surface area contributed by atoms with Crippen molar-refractivity contribution in [3.05, 3.63) is 64.9 Å². The van der Waals surface area contributed by atoms with Crippen LogP contribution in [0.5, 0.6) is 0 Å². The van der Waals surface area contributed by atoms with Crippen molar-refractivity contribution >= 4 is 5.65 Å². The molecule has 2 atom stereocenters. The van der Waals surface area contributed by atoms with E-state index in [0.29, 0.717) is 18.2 Å². The van der Waals surface area contributed by atoms with Crippen molar-refractivity contribution in [3.63, 3.8) is 0 Å². The molecule has 2 aromatic heterocycles. The van der Waals surface area contributed by atoms with Gasteiger partial charge in [0.2, 0.25) is 0 Å². The predicted octanol–water partition coefficient (Wildman–Crippen LogP) is 3.73. The maximum Gasteiger partial charge on any atom is 0.161 e. The number of hydrogen-bond acceptors (Lipinski definition) is 4. The topological polar surface area (TPSA) is 59.5 Å². The van der Waals surface area contributed by atoms with Gasteiger partial charge in [-0.3, -0.25) is 4.90 Å². The van der Waals surface area contributed by atoms with E-state index in [1.807, 2.05) is 17.5 Å². The Hall–Kier alpha value is -2.45. The summed E-state index contributed by atoms with van der Waals surface area (Å²) in [6.45, 7) is 3.97. The summed E-state index contributed by atoms with van der Waals surface area (Å²) in [7, 11) is 0. The third-order valence-electron chi connectivity index (χ3n) is 5.55. The van der Waals surface area contributed by atoms with Gasteiger partial charge < -0.3 is 5.73 Å². The molecule has 0 radical (unpaired) electrons. The molecular weight excluding hydrogens is 379 g/mol. The molecule has 2 unspecified atom stereocenters. The fourth-order valence-corrected chi connectivity index (χ4v) is 4.11. The summed E-state index contributed by atoms with van der Waals surface area (Å²) in [4.78, 5) is 7.31. The summed E-state index contributed by atoms with van der Waals surface area (Å²) in [5.74, 6) is -2.96. The molecule has 0 saturated heterocycles. The Kier molecular flexibility index (Phi) is 5.56. The Morgan fingerprint density at radius 1 is 1.07 bits per heavy atom. The molecule has 1 aliphatic carbocycles. The van der Waals surface area contributed by atoms with Crippen molar-refractivity contribution in [2.24, 2.45) is 5.73 Å². The van der Waals surface area contributed by atoms with Gasteiger partial charge in [0, 0.05) is 49.1 Å². The van der Waals surface area contributed by atoms with Gasteiger partial charge in [0.25, 0.3) is 0 Å². The van der Waals surface area contributed by atoms with E-state index < -0.39 is 17.5 Å². The van der Waals surface area contributed by atoms with Gasteiger partial charge in [0.15, 0.2) is 17.3 Å². The van der Waals surface area contributed by atoms with Crippen LogP contribution in [0.25, 0.3) is 5.65 Å². The molecule has 29 heavy (non-hydrogen) atoms. The van der Waals surface area contributed by atoms with Crippen molar-refractivity contribution in [2.75, 3.05) is 0 Å². The van der Waals surface area contributed by atoms with Crippen LogP contribution in [0.2, 0.25) is 0 Å². The summed E-state index contributed by atoms with van der Waals surface area (Å²) in [5, 5.41) is 4.46. The van der Waals surface area contributed by atoms with E-state index in [0.717, 1.165) is 43.0 Å². The number of nitrogens with two attached hydrogens (primary N) is 1. The van der Waals surface area contributed by atoms with Gasteiger partial charge in [-0.1, -0.05) is 6.42 Å². The van der Waals surface area contributed by atoms with Crippen LogP contribution in [0.4, 0.5) is 13.2 Å². The molecule has 1 aliphatic heterocycles. The second kappa shape index (κ2) is 8.12. The Morgan fingerprint density at radius 2 is 1.90 bits per heavy atom. The van der Waals surface area contributed by atoms with Crippen LogP contribution in [0.15, 0.2) is 30.5 Å². The minimum absolute atomic E-state index is 0.380. The van der Waals surface area contributed by atoms with Gasteiger partial charge in [0.05, 0.1) is 11.4 Å². The minimum Gasteiger partial charge on any atom is -0.328 e. The number of halogens is 3. The Balaban J connectivity index is 0.000000192. The second-order valence-corrected chi connectivity index (χ2v) is 7.85. The van der Waals surface area contributed by atoms with Gasteiger partial charge in [-0.25, -0.2) is 22.7 Å². The lowest BCUT2D eigenvalue weighted by Gasteiger charge is -2.33. The molecule has 2 aliphatic rings. The molecule has 3 heterocycles. The molecular formula is C21H24F3N5. The molecule has 3 aromatic rings. The van der Waals surface area contributed by atoms with E-state index in [-0.39, 0.29) is 0 Å². The Morgan fingerprint density at radius 3 is 2.62 bits per heavy atom. The molecule has 0 amide bonds. The van der Waals surface area contributed by atoms with Crippen molar-refractivity contribution < 1.29 is 13.2 Å². The van der Waals surface area contributed by atoms with Gasteiger partial charge in [-0.15, -0.1) is 0 Å². The molecule has 2 N–H and O–H groups in total. The average molecular weight is 403 g/mol. The summed E-state index contributed by atoms with van der Waals surface area (Å²) in [6.07, 6.45) is 6.99. The largest absolute Gasteiger partial charge is 0.328 e. The quantitative estimate of drug-likeness (QED) is 0.629. The number of hydrogen-bond donors (Lipinski definition) is 1. The number of benzene rings is 1. The third-order valence-corrected chi connectivity index (χ3v) is 5.55. The van der Waals surface area contributed by atoms with Gasteiger partial charge in [-0.2, -0.15) is 5.10 Å². The third kappa shape index (κ3) is 4.43. The number of rotatable bonds is 1. The fraction of sp³-hybridized carbons (Fsp3) is 0.429. The number of nitrogens with zero attached hydrogens (tertiary/aromatic N) is 4. The average Bonchev–Trinajstić information content (AvgIpc) is 3.24. The lowest BCUT2D eigenvalue weighted by molar-refractivity contribution is 0.146. The smallest absolute Gasteiger partial charge is 0.161 e. The summed E-state index contributed by atoms with van der Waals surface area (Å²) in [6, 6.07) is 5.14. The first-order valence-corrected chi connectivity index (χ1v) is 9.84. The number of aromatic nitrogens is 3. The second-order valence-electron chi connectivity index (χ2n) is 7.85. The van der Waals surface area contributed by atoms with Gasteiger partial charge in [0.1, 0.15) is 5.82 Å². The SMILES string of the molecule is Cc1cc2nc3c(cn2n1)CN(C1CCCC(N)C1)C3.Fc1ccc(F)c(F)c1. The van der Waals surface area contributed by atoms with Crippen molar-refractivity contribution in [2.45, 2.75) is 57.8 Å². The first-order valence-electron chi connectivity index (χ1n) is 9.84. The van der Waals surface area contributed by atoms with Crippen LogP contribution in [0.3, 0.4) is 0 Å². The summed E-state index contributed by atoms with van der Waals surface area (Å²) >= 11 is 0. The molecule has 0 bridgehead atoms. The van der Waals surface area contributed by atoms with E-state index in [1.54, 1.807) is 0 Å². The predicted molar refractivity (Wildman–Crippen MR) is 104 cm³/mol. The van der Waals surface area contributed by atoms with Crippen molar-refractivity contribution in [3.8, 4) is 0 Å². The van der Waals surface area contributed by atoms with Gasteiger partial charge in [-0.05, 0) is 38.3 Å². The van der Waals surface area contributed by atoms with E-state index in [1.165, 1.54) is 30.5 Å². The molecule has 154 valence electrons. The zero-order valence-corrected chi connectivity index (χ0v) is 16.3. The zero-order valence-electron chi connectivity index (χ0n) is 16.3. The molecule has 1 fully saturated rings. The molecule has 5 nitrogen and oxygen atoms in total. The van der Waals surface area contributed by atoms with Crippen LogP contribution in [0.1, 0.15) is 42.6 Å². The first-order chi connectivity index (χ1) is 13.9. The van der Waals surface area contributed by atoms with Crippen LogP contribution in [-0.4, -0.2) is 31.6 Å². The standard InChI is InChI=1S/C15H21N5.C6H3F3/c1-10-5-15-17-14-9-19(7-11(14)8-20(15)18-10)13-4-2-3-12(16)6-13;7-4-1-2-5(8)6(9)3-4/h5,8,12-13H,2-4,6-7,9,16H2,1H3;1-3H. The van der Waals surface area contributed by atoms with Crippen LogP contribution < -0.4 is 5.73 Å². The lowest BCUT2D eigenvalue weighted by atomic mass is 9.91. The van der Waals surface area contributed by atoms with E-state index >= 15 is 0 Å².